The van der Waals surface area contributed by atoms with Gasteiger partial charge in [0.25, 0.3) is 0 Å². The molecule has 0 aromatic heterocycles. The van der Waals surface area contributed by atoms with Gasteiger partial charge in [-0.15, -0.1) is 0 Å². The zero-order chi connectivity index (χ0) is 17.5. The molecule has 1 nitrogen and oxygen atoms in total. The lowest BCUT2D eigenvalue weighted by Gasteiger charge is -2.21. The number of carbonyl (C=O) groups is 1. The second-order valence-electron chi connectivity index (χ2n) is 6.97. The minimum absolute atomic E-state index is 0.574. The summed E-state index contributed by atoms with van der Waals surface area (Å²) in [6.45, 7) is 2.34. The van der Waals surface area contributed by atoms with Crippen LogP contribution < -0.4 is 0 Å². The van der Waals surface area contributed by atoms with Gasteiger partial charge >= 0.3 is 0 Å². The van der Waals surface area contributed by atoms with Crippen LogP contribution in [0.25, 0.3) is 12.2 Å². The fourth-order valence-electron chi connectivity index (χ4n) is 3.15. The molecule has 126 valence electrons. The maximum absolute atomic E-state index is 10.7. The number of aldehydes is 1. The lowest BCUT2D eigenvalue weighted by molar-refractivity contribution is 0.112. The van der Waals surface area contributed by atoms with Crippen LogP contribution in [0.4, 0.5) is 0 Å². The van der Waals surface area contributed by atoms with Gasteiger partial charge in [-0.2, -0.15) is 0 Å². The van der Waals surface area contributed by atoms with Crippen LogP contribution in [0.15, 0.2) is 48.5 Å². The highest BCUT2D eigenvalue weighted by molar-refractivity contribution is 5.76. The molecule has 0 N–H and O–H groups in total. The summed E-state index contributed by atoms with van der Waals surface area (Å²) >= 11 is 0. The predicted octanol–water partition coefficient (Wildman–Crippen LogP) is 5.85. The van der Waals surface area contributed by atoms with Gasteiger partial charge in [0, 0.05) is 17.0 Å². The molecular formula is C24H24O. The number of benzene rings is 2. The minimum atomic E-state index is 0.574. The van der Waals surface area contributed by atoms with E-state index in [9.17, 15) is 4.79 Å². The molecule has 0 heterocycles. The zero-order valence-corrected chi connectivity index (χ0v) is 14.7. The third kappa shape index (κ3) is 5.19. The Labute approximate surface area is 150 Å². The molecular weight excluding hydrogens is 304 g/mol. The zero-order valence-electron chi connectivity index (χ0n) is 14.7. The molecule has 0 spiro atoms. The highest BCUT2D eigenvalue weighted by Crippen LogP contribution is 2.27. The summed E-state index contributed by atoms with van der Waals surface area (Å²) in [6.07, 6.45) is 10.1. The third-order valence-electron chi connectivity index (χ3n) is 4.89. The van der Waals surface area contributed by atoms with Gasteiger partial charge in [-0.3, -0.25) is 4.79 Å². The summed E-state index contributed by atoms with van der Waals surface area (Å²) in [7, 11) is 0. The summed E-state index contributed by atoms with van der Waals surface area (Å²) in [5.41, 5.74) is 4.02. The van der Waals surface area contributed by atoms with Crippen LogP contribution in [0.2, 0.25) is 0 Å². The van der Waals surface area contributed by atoms with Crippen molar-refractivity contribution in [3.8, 4) is 11.8 Å². The first-order valence-electron chi connectivity index (χ1n) is 9.08. The van der Waals surface area contributed by atoms with Crippen LogP contribution >= 0.6 is 0 Å². The Bertz CT molecular complexity index is 777. The molecule has 3 rings (SSSR count). The summed E-state index contributed by atoms with van der Waals surface area (Å²) in [6, 6.07) is 15.9. The molecule has 0 radical (unpaired) electrons. The Kier molecular flexibility index (Phi) is 5.86. The molecule has 2 aromatic carbocycles. The first-order chi connectivity index (χ1) is 12.2. The Hall–Kier alpha value is -2.59. The van der Waals surface area contributed by atoms with Gasteiger partial charge in [-0.05, 0) is 54.9 Å². The molecule has 25 heavy (non-hydrogen) atoms. The van der Waals surface area contributed by atoms with Crippen molar-refractivity contribution in [3.63, 3.8) is 0 Å². The maximum Gasteiger partial charge on any atom is 0.150 e. The van der Waals surface area contributed by atoms with E-state index in [1.54, 1.807) is 0 Å². The molecule has 0 atom stereocenters. The molecule has 1 aliphatic rings. The normalized spacial score (nSPS) is 20.0. The van der Waals surface area contributed by atoms with Crippen LogP contribution in [0, 0.1) is 23.7 Å². The fraction of sp³-hybridized carbons (Fsp3) is 0.292. The quantitative estimate of drug-likeness (QED) is 0.392. The summed E-state index contributed by atoms with van der Waals surface area (Å²) in [5, 5.41) is 0. The van der Waals surface area contributed by atoms with E-state index >= 15 is 0 Å². The van der Waals surface area contributed by atoms with E-state index < -0.39 is 0 Å². The largest absolute Gasteiger partial charge is 0.298 e. The number of hydrogen-bond acceptors (Lipinski definition) is 1. The minimum Gasteiger partial charge on any atom is -0.298 e. The highest BCUT2D eigenvalue weighted by atomic mass is 16.1. The van der Waals surface area contributed by atoms with Gasteiger partial charge in [0.15, 0.2) is 0 Å². The molecule has 1 saturated carbocycles. The summed E-state index contributed by atoms with van der Waals surface area (Å²) < 4.78 is 0. The van der Waals surface area contributed by atoms with Gasteiger partial charge in [-0.1, -0.05) is 67.3 Å². The summed E-state index contributed by atoms with van der Waals surface area (Å²) in [4.78, 5) is 10.7. The van der Waals surface area contributed by atoms with E-state index in [0.29, 0.717) is 11.5 Å². The monoisotopic (exact) mass is 328 g/mol. The Morgan fingerprint density at radius 1 is 0.800 bits per heavy atom. The standard InChI is InChI=1S/C24H24O/c1-19-2-4-20(5-3-19)6-7-21-8-10-22(11-9-21)12-13-23-14-16-24(18-25)17-15-23/h8-20H,2-5H2,1H3/b13-12+. The van der Waals surface area contributed by atoms with E-state index in [2.05, 4.69) is 55.2 Å². The second kappa shape index (κ2) is 8.49. The first-order valence-corrected chi connectivity index (χ1v) is 9.08. The average Bonchev–Trinajstić information content (AvgIpc) is 2.67. The van der Waals surface area contributed by atoms with Crippen LogP contribution in [-0.2, 0) is 0 Å². The average molecular weight is 328 g/mol. The van der Waals surface area contributed by atoms with Crippen molar-refractivity contribution in [1.29, 1.82) is 0 Å². The number of hydrogen-bond donors (Lipinski definition) is 0. The molecule has 1 aliphatic carbocycles. The molecule has 0 aliphatic heterocycles. The molecule has 0 saturated heterocycles. The highest BCUT2D eigenvalue weighted by Gasteiger charge is 2.15. The van der Waals surface area contributed by atoms with Crippen molar-refractivity contribution in [2.75, 3.05) is 0 Å². The van der Waals surface area contributed by atoms with Crippen LogP contribution in [0.5, 0.6) is 0 Å². The molecule has 0 bridgehead atoms. The van der Waals surface area contributed by atoms with Crippen molar-refractivity contribution < 1.29 is 4.79 Å². The van der Waals surface area contributed by atoms with E-state index in [-0.39, 0.29) is 0 Å². The molecule has 0 amide bonds. The van der Waals surface area contributed by atoms with Crippen LogP contribution in [0.3, 0.4) is 0 Å². The smallest absolute Gasteiger partial charge is 0.150 e. The molecule has 1 heteroatoms. The van der Waals surface area contributed by atoms with Crippen LogP contribution in [-0.4, -0.2) is 6.29 Å². The van der Waals surface area contributed by atoms with Crippen molar-refractivity contribution in [2.24, 2.45) is 11.8 Å². The third-order valence-corrected chi connectivity index (χ3v) is 4.89. The van der Waals surface area contributed by atoms with Gasteiger partial charge in [0.2, 0.25) is 0 Å². The van der Waals surface area contributed by atoms with Gasteiger partial charge < -0.3 is 0 Å². The first kappa shape index (κ1) is 17.2. The van der Waals surface area contributed by atoms with E-state index in [4.69, 9.17) is 0 Å². The number of rotatable bonds is 3. The Morgan fingerprint density at radius 2 is 1.32 bits per heavy atom. The fourth-order valence-corrected chi connectivity index (χ4v) is 3.15. The van der Waals surface area contributed by atoms with Gasteiger partial charge in [0.1, 0.15) is 6.29 Å². The maximum atomic E-state index is 10.7. The second-order valence-corrected chi connectivity index (χ2v) is 6.97. The van der Waals surface area contributed by atoms with Gasteiger partial charge in [0.05, 0.1) is 0 Å². The van der Waals surface area contributed by atoms with E-state index in [1.807, 2.05) is 24.3 Å². The number of carbonyl (C=O) groups excluding carboxylic acids is 1. The lowest BCUT2D eigenvalue weighted by Crippen LogP contribution is -2.10. The van der Waals surface area contributed by atoms with Crippen LogP contribution in [0.1, 0.15) is 59.7 Å². The van der Waals surface area contributed by atoms with E-state index in [0.717, 1.165) is 28.9 Å². The Balaban J connectivity index is 1.60. The molecule has 0 unspecified atom stereocenters. The molecule has 2 aromatic rings. The van der Waals surface area contributed by atoms with Crippen molar-refractivity contribution >= 4 is 18.4 Å². The Morgan fingerprint density at radius 3 is 1.88 bits per heavy atom. The van der Waals surface area contributed by atoms with Crippen molar-refractivity contribution in [1.82, 2.24) is 0 Å². The van der Waals surface area contributed by atoms with E-state index in [1.165, 1.54) is 25.7 Å². The predicted molar refractivity (Wildman–Crippen MR) is 105 cm³/mol. The van der Waals surface area contributed by atoms with Crippen molar-refractivity contribution in [3.05, 3.63) is 70.8 Å². The topological polar surface area (TPSA) is 17.1 Å². The lowest BCUT2D eigenvalue weighted by atomic mass is 9.83. The van der Waals surface area contributed by atoms with Crippen molar-refractivity contribution in [2.45, 2.75) is 32.6 Å². The van der Waals surface area contributed by atoms with Gasteiger partial charge in [-0.25, -0.2) is 0 Å². The molecule has 1 fully saturated rings. The summed E-state index contributed by atoms with van der Waals surface area (Å²) in [5.74, 6) is 8.23. The SMILES string of the molecule is CC1CCC(C#Cc2ccc(/C=C/c3ccc(C=O)cc3)cc2)CC1.